The van der Waals surface area contributed by atoms with Crippen LogP contribution in [0.1, 0.15) is 29.7 Å². The molecule has 0 bridgehead atoms. The van der Waals surface area contributed by atoms with Crippen LogP contribution in [0.2, 0.25) is 0 Å². The van der Waals surface area contributed by atoms with Gasteiger partial charge in [-0.1, -0.05) is 0 Å². The van der Waals surface area contributed by atoms with Crippen molar-refractivity contribution >= 4 is 11.9 Å². The number of carbonyl (C=O) groups is 1. The van der Waals surface area contributed by atoms with Crippen molar-refractivity contribution in [3.05, 3.63) is 23.7 Å². The second kappa shape index (κ2) is 11.5. The quantitative estimate of drug-likeness (QED) is 0.306. The van der Waals surface area contributed by atoms with Gasteiger partial charge >= 0.3 is 0 Å². The minimum atomic E-state index is -0.577. The number of nitrogens with one attached hydrogen (secondary N) is 2. The standard InChI is InChI=1S/C16H29N5O3/c1-4-18-16(19-8-10-21(2)9-5-11-23-3)20-12-13-6-7-14(24-13)15(17)22/h6-7H,4-5,8-12H2,1-3H3,(H2,17,22)(H2,18,19,20). The maximum atomic E-state index is 11.0. The van der Waals surface area contributed by atoms with E-state index in [1.165, 1.54) is 0 Å². The Bertz CT molecular complexity index is 516. The molecule has 136 valence electrons. The van der Waals surface area contributed by atoms with Gasteiger partial charge in [-0.15, -0.1) is 0 Å². The summed E-state index contributed by atoms with van der Waals surface area (Å²) in [6.07, 6.45) is 1.02. The van der Waals surface area contributed by atoms with Gasteiger partial charge in [0, 0.05) is 39.9 Å². The van der Waals surface area contributed by atoms with E-state index in [1.54, 1.807) is 19.2 Å². The normalized spacial score (nSPS) is 11.8. The first-order valence-electron chi connectivity index (χ1n) is 8.15. The molecule has 0 spiro atoms. The van der Waals surface area contributed by atoms with Crippen molar-refractivity contribution in [3.8, 4) is 0 Å². The van der Waals surface area contributed by atoms with Crippen molar-refractivity contribution in [2.45, 2.75) is 19.9 Å². The van der Waals surface area contributed by atoms with E-state index in [2.05, 4.69) is 27.6 Å². The molecule has 1 aromatic heterocycles. The summed E-state index contributed by atoms with van der Waals surface area (Å²) in [5.41, 5.74) is 5.16. The number of furan rings is 1. The number of carbonyl (C=O) groups excluding carboxylic acids is 1. The van der Waals surface area contributed by atoms with Crippen LogP contribution < -0.4 is 16.4 Å². The second-order valence-corrected chi connectivity index (χ2v) is 5.40. The predicted molar refractivity (Wildman–Crippen MR) is 94.0 cm³/mol. The van der Waals surface area contributed by atoms with Crippen LogP contribution in [0.15, 0.2) is 21.5 Å². The molecule has 0 fully saturated rings. The molecule has 0 aliphatic heterocycles. The van der Waals surface area contributed by atoms with Crippen LogP contribution in [-0.4, -0.2) is 63.7 Å². The summed E-state index contributed by atoms with van der Waals surface area (Å²) in [6, 6.07) is 3.26. The van der Waals surface area contributed by atoms with E-state index >= 15 is 0 Å². The molecule has 4 N–H and O–H groups in total. The maximum absolute atomic E-state index is 11.0. The first-order valence-corrected chi connectivity index (χ1v) is 8.15. The molecular weight excluding hydrogens is 310 g/mol. The van der Waals surface area contributed by atoms with Crippen LogP contribution in [0, 0.1) is 0 Å². The number of hydrogen-bond acceptors (Lipinski definition) is 5. The summed E-state index contributed by atoms with van der Waals surface area (Å²) in [7, 11) is 3.79. The van der Waals surface area contributed by atoms with E-state index in [0.29, 0.717) is 18.3 Å². The summed E-state index contributed by atoms with van der Waals surface area (Å²) in [6.45, 7) is 6.56. The van der Waals surface area contributed by atoms with Crippen molar-refractivity contribution in [1.29, 1.82) is 0 Å². The molecule has 1 rings (SSSR count). The van der Waals surface area contributed by atoms with E-state index in [-0.39, 0.29) is 5.76 Å². The highest BCUT2D eigenvalue weighted by atomic mass is 16.5. The summed E-state index contributed by atoms with van der Waals surface area (Å²) in [5, 5.41) is 6.45. The summed E-state index contributed by atoms with van der Waals surface area (Å²) in [5.74, 6) is 0.875. The van der Waals surface area contributed by atoms with Gasteiger partial charge in [0.1, 0.15) is 12.3 Å². The van der Waals surface area contributed by atoms with Crippen LogP contribution in [0.3, 0.4) is 0 Å². The van der Waals surface area contributed by atoms with Gasteiger partial charge in [0.2, 0.25) is 0 Å². The molecule has 1 amide bonds. The number of ether oxygens (including phenoxy) is 1. The van der Waals surface area contributed by atoms with Crippen LogP contribution >= 0.6 is 0 Å². The van der Waals surface area contributed by atoms with Gasteiger partial charge in [0.15, 0.2) is 11.7 Å². The van der Waals surface area contributed by atoms with E-state index < -0.39 is 5.91 Å². The molecular formula is C16H29N5O3. The number of primary amides is 1. The van der Waals surface area contributed by atoms with Crippen molar-refractivity contribution in [2.24, 2.45) is 10.7 Å². The molecule has 0 atom stereocenters. The van der Waals surface area contributed by atoms with Crippen molar-refractivity contribution < 1.29 is 13.9 Å². The average molecular weight is 339 g/mol. The van der Waals surface area contributed by atoms with Gasteiger partial charge in [0.25, 0.3) is 5.91 Å². The van der Waals surface area contributed by atoms with Gasteiger partial charge in [0.05, 0.1) is 0 Å². The maximum Gasteiger partial charge on any atom is 0.284 e. The third kappa shape index (κ3) is 7.98. The number of guanidine groups is 1. The Morgan fingerprint density at radius 1 is 1.38 bits per heavy atom. The summed E-state index contributed by atoms with van der Waals surface area (Å²) >= 11 is 0. The zero-order valence-corrected chi connectivity index (χ0v) is 14.8. The zero-order valence-electron chi connectivity index (χ0n) is 14.8. The number of hydrogen-bond donors (Lipinski definition) is 3. The fourth-order valence-corrected chi connectivity index (χ4v) is 2.05. The molecule has 0 aromatic carbocycles. The number of likely N-dealkylation sites (N-methyl/N-ethyl adjacent to an activating group) is 1. The Morgan fingerprint density at radius 2 is 2.17 bits per heavy atom. The Labute approximate surface area is 143 Å². The number of nitrogens with zero attached hydrogens (tertiary/aromatic N) is 2. The lowest BCUT2D eigenvalue weighted by Gasteiger charge is -2.18. The molecule has 0 saturated heterocycles. The van der Waals surface area contributed by atoms with E-state index in [4.69, 9.17) is 14.9 Å². The van der Waals surface area contributed by atoms with Crippen LogP contribution in [0.25, 0.3) is 0 Å². The predicted octanol–water partition coefficient (Wildman–Crippen LogP) is 0.402. The van der Waals surface area contributed by atoms with Gasteiger partial charge < -0.3 is 30.4 Å². The second-order valence-electron chi connectivity index (χ2n) is 5.40. The van der Waals surface area contributed by atoms with Gasteiger partial charge in [-0.2, -0.15) is 0 Å². The first-order chi connectivity index (χ1) is 11.6. The fourth-order valence-electron chi connectivity index (χ4n) is 2.05. The number of methoxy groups -OCH3 is 1. The molecule has 1 heterocycles. The summed E-state index contributed by atoms with van der Waals surface area (Å²) in [4.78, 5) is 17.7. The van der Waals surface area contributed by atoms with Gasteiger partial charge in [-0.25, -0.2) is 4.99 Å². The van der Waals surface area contributed by atoms with Crippen molar-refractivity contribution in [3.63, 3.8) is 0 Å². The lowest BCUT2D eigenvalue weighted by Crippen LogP contribution is -2.41. The van der Waals surface area contributed by atoms with Gasteiger partial charge in [-0.05, 0) is 32.5 Å². The Kier molecular flexibility index (Phi) is 9.55. The minimum Gasteiger partial charge on any atom is -0.454 e. The van der Waals surface area contributed by atoms with Crippen LogP contribution in [0.5, 0.6) is 0 Å². The summed E-state index contributed by atoms with van der Waals surface area (Å²) < 4.78 is 10.4. The largest absolute Gasteiger partial charge is 0.454 e. The van der Waals surface area contributed by atoms with Gasteiger partial charge in [-0.3, -0.25) is 4.79 Å². The SMILES string of the molecule is CCNC(=NCc1ccc(C(N)=O)o1)NCCN(C)CCCOC. The Hall–Kier alpha value is -2.06. The molecule has 0 saturated carbocycles. The van der Waals surface area contributed by atoms with E-state index in [1.807, 2.05) is 6.92 Å². The number of amides is 1. The smallest absolute Gasteiger partial charge is 0.284 e. The number of nitrogens with two attached hydrogens (primary N) is 1. The third-order valence-corrected chi connectivity index (χ3v) is 3.32. The lowest BCUT2D eigenvalue weighted by atomic mass is 10.4. The molecule has 8 heteroatoms. The Morgan fingerprint density at radius 3 is 2.79 bits per heavy atom. The highest BCUT2D eigenvalue weighted by Crippen LogP contribution is 2.08. The molecule has 8 nitrogen and oxygen atoms in total. The first kappa shape index (κ1) is 20.0. The van der Waals surface area contributed by atoms with E-state index in [0.717, 1.165) is 39.2 Å². The zero-order chi connectivity index (χ0) is 17.8. The van der Waals surface area contributed by atoms with Crippen molar-refractivity contribution in [1.82, 2.24) is 15.5 Å². The van der Waals surface area contributed by atoms with Crippen LogP contribution in [-0.2, 0) is 11.3 Å². The number of aliphatic imine (C=N–C) groups is 1. The molecule has 1 aromatic rings. The average Bonchev–Trinajstić information content (AvgIpc) is 3.02. The highest BCUT2D eigenvalue weighted by molar-refractivity contribution is 5.89. The Balaban J connectivity index is 2.40. The molecule has 24 heavy (non-hydrogen) atoms. The molecule has 0 aliphatic carbocycles. The lowest BCUT2D eigenvalue weighted by molar-refractivity contribution is 0.0972. The molecule has 0 radical (unpaired) electrons. The molecule has 0 aliphatic rings. The minimum absolute atomic E-state index is 0.149. The fraction of sp³-hybridized carbons (Fsp3) is 0.625. The van der Waals surface area contributed by atoms with Crippen LogP contribution in [0.4, 0.5) is 0 Å². The third-order valence-electron chi connectivity index (χ3n) is 3.32. The molecule has 0 unspecified atom stereocenters. The monoisotopic (exact) mass is 339 g/mol. The number of rotatable bonds is 11. The highest BCUT2D eigenvalue weighted by Gasteiger charge is 2.07. The van der Waals surface area contributed by atoms with E-state index in [9.17, 15) is 4.79 Å². The topological polar surface area (TPSA) is 105 Å². The van der Waals surface area contributed by atoms with Crippen molar-refractivity contribution in [2.75, 3.05) is 46.9 Å².